The molecular formula is C10H7N3O4. The summed E-state index contributed by atoms with van der Waals surface area (Å²) in [7, 11) is 0. The molecule has 0 saturated heterocycles. The molecule has 0 aromatic heterocycles. The van der Waals surface area contributed by atoms with E-state index in [0.717, 1.165) is 12.1 Å². The molecular weight excluding hydrogens is 226 g/mol. The Kier molecular flexibility index (Phi) is 3.41. The summed E-state index contributed by atoms with van der Waals surface area (Å²) >= 11 is 0. The first kappa shape index (κ1) is 12.2. The summed E-state index contributed by atoms with van der Waals surface area (Å²) in [4.78, 5) is 31.2. The highest BCUT2D eigenvalue weighted by Gasteiger charge is 2.11. The van der Waals surface area contributed by atoms with Crippen LogP contribution in [0.2, 0.25) is 0 Å². The number of carbonyl (C=O) groups is 2. The first-order valence-corrected chi connectivity index (χ1v) is 4.31. The average molecular weight is 233 g/mol. The predicted octanol–water partition coefficient (Wildman–Crippen LogP) is -0.470. The number of carbonyl (C=O) groups excluding carboxylic acids is 2. The van der Waals surface area contributed by atoms with Crippen molar-refractivity contribution in [2.24, 2.45) is 11.5 Å². The Balaban J connectivity index is 3.33. The molecule has 0 radical (unpaired) electrons. The molecule has 4 N–H and O–H groups in total. The topological polar surface area (TPSA) is 129 Å². The van der Waals surface area contributed by atoms with E-state index in [1.54, 1.807) is 0 Å². The third kappa shape index (κ3) is 3.32. The van der Waals surface area contributed by atoms with Crippen LogP contribution >= 0.6 is 0 Å². The number of hydrogen-bond acceptors (Lipinski definition) is 4. The van der Waals surface area contributed by atoms with E-state index < -0.39 is 16.7 Å². The second-order valence-corrected chi connectivity index (χ2v) is 3.00. The molecule has 1 aromatic carbocycles. The number of nitrogens with zero attached hydrogens (tertiary/aromatic N) is 1. The normalized spacial score (nSPS) is 8.94. The van der Waals surface area contributed by atoms with Crippen molar-refractivity contribution in [1.29, 1.82) is 0 Å². The minimum atomic E-state index is -0.878. The Hall–Kier alpha value is -2.88. The van der Waals surface area contributed by atoms with Gasteiger partial charge in [-0.05, 0) is 12.0 Å². The van der Waals surface area contributed by atoms with Crippen molar-refractivity contribution in [2.45, 2.75) is 0 Å². The number of non-ortho nitro benzene ring substituents is 1. The standard InChI is InChI=1S/C10H7N3O4/c11-9(14)2-1-6-3-7(10(12)15)5-8(4-6)13(16)17/h3-5H,(H2,11,14)(H2,12,15). The highest BCUT2D eigenvalue weighted by Crippen LogP contribution is 2.16. The maximum atomic E-state index is 10.9. The maximum Gasteiger partial charge on any atom is 0.293 e. The fourth-order valence-corrected chi connectivity index (χ4v) is 1.06. The molecule has 1 rings (SSSR count). The van der Waals surface area contributed by atoms with Crippen LogP contribution in [0.25, 0.3) is 0 Å². The van der Waals surface area contributed by atoms with Crippen molar-refractivity contribution < 1.29 is 14.5 Å². The lowest BCUT2D eigenvalue weighted by atomic mass is 10.1. The second kappa shape index (κ2) is 4.76. The Morgan fingerprint density at radius 2 is 1.88 bits per heavy atom. The van der Waals surface area contributed by atoms with Crippen LogP contribution in [0.5, 0.6) is 0 Å². The zero-order valence-electron chi connectivity index (χ0n) is 8.47. The molecule has 0 unspecified atom stereocenters. The summed E-state index contributed by atoms with van der Waals surface area (Å²) in [6.07, 6.45) is 0. The third-order valence-electron chi connectivity index (χ3n) is 1.74. The number of amides is 2. The minimum Gasteiger partial charge on any atom is -0.366 e. The molecule has 0 heterocycles. The van der Waals surface area contributed by atoms with Crippen LogP contribution in [0, 0.1) is 22.0 Å². The Morgan fingerprint density at radius 3 is 2.35 bits per heavy atom. The van der Waals surface area contributed by atoms with Crippen molar-refractivity contribution in [3.8, 4) is 11.8 Å². The lowest BCUT2D eigenvalue weighted by Crippen LogP contribution is -2.11. The van der Waals surface area contributed by atoms with Crippen LogP contribution in [0.3, 0.4) is 0 Å². The number of benzene rings is 1. The van der Waals surface area contributed by atoms with Gasteiger partial charge in [-0.2, -0.15) is 0 Å². The van der Waals surface area contributed by atoms with Crippen LogP contribution in [0.4, 0.5) is 5.69 Å². The van der Waals surface area contributed by atoms with Crippen molar-refractivity contribution in [1.82, 2.24) is 0 Å². The quantitative estimate of drug-likeness (QED) is 0.406. The molecule has 0 atom stereocenters. The highest BCUT2D eigenvalue weighted by molar-refractivity contribution is 5.95. The monoisotopic (exact) mass is 233 g/mol. The summed E-state index contributed by atoms with van der Waals surface area (Å²) < 4.78 is 0. The van der Waals surface area contributed by atoms with Gasteiger partial charge >= 0.3 is 0 Å². The van der Waals surface area contributed by atoms with Gasteiger partial charge in [0.05, 0.1) is 4.92 Å². The van der Waals surface area contributed by atoms with Crippen LogP contribution in [-0.4, -0.2) is 16.7 Å². The van der Waals surface area contributed by atoms with Gasteiger partial charge in [0.15, 0.2) is 0 Å². The third-order valence-corrected chi connectivity index (χ3v) is 1.74. The minimum absolute atomic E-state index is 0.0621. The Morgan fingerprint density at radius 1 is 1.24 bits per heavy atom. The molecule has 2 amide bonds. The molecule has 0 bridgehead atoms. The summed E-state index contributed by atoms with van der Waals surface area (Å²) in [6, 6.07) is 3.38. The molecule has 7 heteroatoms. The largest absolute Gasteiger partial charge is 0.366 e. The Bertz CT molecular complexity index is 536. The smallest absolute Gasteiger partial charge is 0.293 e. The van der Waals surface area contributed by atoms with Crippen molar-refractivity contribution in [2.75, 3.05) is 0 Å². The first-order valence-electron chi connectivity index (χ1n) is 4.31. The van der Waals surface area contributed by atoms with Gasteiger partial charge in [0.1, 0.15) is 0 Å². The van der Waals surface area contributed by atoms with Gasteiger partial charge in [-0.3, -0.25) is 19.7 Å². The van der Waals surface area contributed by atoms with Gasteiger partial charge in [0.25, 0.3) is 11.6 Å². The average Bonchev–Trinajstić information content (AvgIpc) is 2.25. The highest BCUT2D eigenvalue weighted by atomic mass is 16.6. The number of primary amides is 2. The van der Waals surface area contributed by atoms with E-state index in [1.807, 2.05) is 5.92 Å². The van der Waals surface area contributed by atoms with Crippen molar-refractivity contribution in [3.63, 3.8) is 0 Å². The van der Waals surface area contributed by atoms with Gasteiger partial charge in [-0.15, -0.1) is 0 Å². The predicted molar refractivity (Wildman–Crippen MR) is 57.7 cm³/mol. The lowest BCUT2D eigenvalue weighted by molar-refractivity contribution is -0.384. The molecule has 86 valence electrons. The van der Waals surface area contributed by atoms with Crippen molar-refractivity contribution >= 4 is 17.5 Å². The van der Waals surface area contributed by atoms with Gasteiger partial charge in [-0.1, -0.05) is 5.92 Å². The van der Waals surface area contributed by atoms with E-state index >= 15 is 0 Å². The number of nitro benzene ring substituents is 1. The summed E-state index contributed by atoms with van der Waals surface area (Å²) in [5, 5.41) is 10.6. The molecule has 1 aromatic rings. The van der Waals surface area contributed by atoms with E-state index in [4.69, 9.17) is 11.5 Å². The summed E-state index contributed by atoms with van der Waals surface area (Å²) in [5.41, 5.74) is 9.52. The molecule has 0 aliphatic heterocycles. The lowest BCUT2D eigenvalue weighted by Gasteiger charge is -1.97. The van der Waals surface area contributed by atoms with E-state index in [0.29, 0.717) is 0 Å². The number of nitrogens with two attached hydrogens (primary N) is 2. The zero-order valence-corrected chi connectivity index (χ0v) is 8.47. The van der Waals surface area contributed by atoms with E-state index in [9.17, 15) is 19.7 Å². The number of nitro groups is 1. The van der Waals surface area contributed by atoms with Crippen molar-refractivity contribution in [3.05, 3.63) is 39.4 Å². The van der Waals surface area contributed by atoms with Gasteiger partial charge < -0.3 is 11.5 Å². The first-order chi connectivity index (χ1) is 7.90. The van der Waals surface area contributed by atoms with E-state index in [-0.39, 0.29) is 16.8 Å². The van der Waals surface area contributed by atoms with Crippen LogP contribution < -0.4 is 11.5 Å². The number of rotatable bonds is 2. The van der Waals surface area contributed by atoms with Crippen LogP contribution in [-0.2, 0) is 4.79 Å². The van der Waals surface area contributed by atoms with Gasteiger partial charge in [-0.25, -0.2) is 0 Å². The molecule has 7 nitrogen and oxygen atoms in total. The number of hydrogen-bond donors (Lipinski definition) is 2. The summed E-state index contributed by atoms with van der Waals surface area (Å²) in [6.45, 7) is 0. The molecule has 0 fully saturated rings. The van der Waals surface area contributed by atoms with Gasteiger partial charge in [0, 0.05) is 23.3 Å². The second-order valence-electron chi connectivity index (χ2n) is 3.00. The zero-order chi connectivity index (χ0) is 13.0. The molecule has 0 spiro atoms. The molecule has 0 aliphatic carbocycles. The fourth-order valence-electron chi connectivity index (χ4n) is 1.06. The Labute approximate surface area is 95.5 Å². The van der Waals surface area contributed by atoms with E-state index in [1.165, 1.54) is 6.07 Å². The SMILES string of the molecule is NC(=O)C#Cc1cc(C(N)=O)cc([N+](=O)[O-])c1. The van der Waals surface area contributed by atoms with E-state index in [2.05, 4.69) is 5.92 Å². The molecule has 17 heavy (non-hydrogen) atoms. The van der Waals surface area contributed by atoms with Crippen LogP contribution in [0.1, 0.15) is 15.9 Å². The maximum absolute atomic E-state index is 10.9. The molecule has 0 saturated carbocycles. The van der Waals surface area contributed by atoms with Crippen LogP contribution in [0.15, 0.2) is 18.2 Å². The summed E-state index contributed by atoms with van der Waals surface area (Å²) in [5.74, 6) is 2.61. The molecule has 0 aliphatic rings. The fraction of sp³-hybridized carbons (Fsp3) is 0. The van der Waals surface area contributed by atoms with Gasteiger partial charge in [0.2, 0.25) is 5.91 Å².